The maximum absolute atomic E-state index is 11.5. The predicted octanol–water partition coefficient (Wildman–Crippen LogP) is 4.86. The fourth-order valence-electron chi connectivity index (χ4n) is 4.05. The van der Waals surface area contributed by atoms with Gasteiger partial charge in [-0.3, -0.25) is 14.9 Å². The van der Waals surface area contributed by atoms with E-state index in [0.717, 1.165) is 12.8 Å². The van der Waals surface area contributed by atoms with Gasteiger partial charge in [0.25, 0.3) is 5.91 Å². The molecule has 1 aliphatic rings. The molecule has 2 aromatic rings. The molecule has 0 spiro atoms. The van der Waals surface area contributed by atoms with Crippen LogP contribution in [0.2, 0.25) is 0 Å². The Morgan fingerprint density at radius 1 is 1.09 bits per heavy atom. The van der Waals surface area contributed by atoms with Gasteiger partial charge in [0.2, 0.25) is 6.41 Å². The average Bonchev–Trinajstić information content (AvgIpc) is 3.28. The molecule has 1 N–H and O–H groups in total. The van der Waals surface area contributed by atoms with Crippen molar-refractivity contribution in [1.82, 2.24) is 10.2 Å². The number of rotatable bonds is 9. The molecule has 33 heavy (non-hydrogen) atoms. The summed E-state index contributed by atoms with van der Waals surface area (Å²) in [5.41, 5.74) is 0. The molecule has 178 valence electrons. The summed E-state index contributed by atoms with van der Waals surface area (Å²) in [6, 6.07) is 21.0. The SMILES string of the molecule is CN(/C=C\C(=O)NC=O)C1CCC(COS(c2ccccc2)(c2ccccc2)C(C)(C)C)O1. The summed E-state index contributed by atoms with van der Waals surface area (Å²) in [5, 5.41) is 2.09. The van der Waals surface area contributed by atoms with Crippen molar-refractivity contribution in [3.8, 4) is 0 Å². The number of benzene rings is 2. The first-order valence-electron chi connectivity index (χ1n) is 11.1. The van der Waals surface area contributed by atoms with Gasteiger partial charge in [0.15, 0.2) is 0 Å². The van der Waals surface area contributed by atoms with Gasteiger partial charge < -0.3 is 13.8 Å². The summed E-state index contributed by atoms with van der Waals surface area (Å²) in [6.45, 7) is 7.20. The summed E-state index contributed by atoms with van der Waals surface area (Å²) in [4.78, 5) is 26.1. The van der Waals surface area contributed by atoms with Gasteiger partial charge in [0.1, 0.15) is 6.23 Å². The van der Waals surface area contributed by atoms with Crippen LogP contribution in [0.4, 0.5) is 0 Å². The number of hydrogen-bond donors (Lipinski definition) is 1. The van der Waals surface area contributed by atoms with Crippen molar-refractivity contribution in [3.63, 3.8) is 0 Å². The first-order valence-corrected chi connectivity index (χ1v) is 12.7. The number of nitrogens with zero attached hydrogens (tertiary/aromatic N) is 1. The molecule has 2 amide bonds. The normalized spacial score (nSPS) is 19.4. The highest BCUT2D eigenvalue weighted by Gasteiger charge is 2.42. The Kier molecular flexibility index (Phi) is 8.35. The van der Waals surface area contributed by atoms with Gasteiger partial charge in [-0.05, 0) is 57.9 Å². The maximum atomic E-state index is 11.5. The average molecular weight is 471 g/mol. The lowest BCUT2D eigenvalue weighted by Gasteiger charge is -2.50. The van der Waals surface area contributed by atoms with Crippen LogP contribution >= 0.6 is 10.3 Å². The molecule has 0 radical (unpaired) electrons. The van der Waals surface area contributed by atoms with E-state index in [-0.39, 0.29) is 17.1 Å². The lowest BCUT2D eigenvalue weighted by molar-refractivity contribution is -0.121. The minimum absolute atomic E-state index is 0.0451. The molecule has 1 aliphatic heterocycles. The number of carbonyl (C=O) groups is 2. The van der Waals surface area contributed by atoms with Gasteiger partial charge in [0, 0.05) is 33.9 Å². The maximum Gasteiger partial charge on any atom is 0.251 e. The summed E-state index contributed by atoms with van der Waals surface area (Å²) in [7, 11) is 0.0418. The molecule has 0 saturated carbocycles. The van der Waals surface area contributed by atoms with E-state index >= 15 is 0 Å². The molecule has 0 bridgehead atoms. The van der Waals surface area contributed by atoms with Crippen LogP contribution < -0.4 is 5.32 Å². The highest BCUT2D eigenvalue weighted by atomic mass is 32.3. The van der Waals surface area contributed by atoms with Crippen molar-refractivity contribution < 1.29 is 18.5 Å². The molecule has 0 aromatic heterocycles. The number of nitrogens with one attached hydrogen (secondary N) is 1. The van der Waals surface area contributed by atoms with Crippen LogP contribution in [0.3, 0.4) is 0 Å². The number of imide groups is 1. The van der Waals surface area contributed by atoms with E-state index in [1.165, 1.54) is 15.9 Å². The molecule has 2 atom stereocenters. The molecule has 1 fully saturated rings. The van der Waals surface area contributed by atoms with E-state index in [0.29, 0.717) is 13.0 Å². The van der Waals surface area contributed by atoms with Gasteiger partial charge in [-0.2, -0.15) is 0 Å². The fourth-order valence-corrected chi connectivity index (χ4v) is 7.80. The minimum atomic E-state index is -1.82. The number of ether oxygens (including phenoxy) is 1. The van der Waals surface area contributed by atoms with E-state index in [2.05, 4.69) is 74.6 Å². The Bertz CT molecular complexity index is 904. The number of carbonyl (C=O) groups excluding carboxylic acids is 2. The molecule has 6 nitrogen and oxygen atoms in total. The quantitative estimate of drug-likeness (QED) is 0.419. The van der Waals surface area contributed by atoms with E-state index in [4.69, 9.17) is 8.92 Å². The smallest absolute Gasteiger partial charge is 0.251 e. The molecule has 2 aromatic carbocycles. The first kappa shape index (κ1) is 25.0. The third-order valence-corrected chi connectivity index (χ3v) is 9.73. The van der Waals surface area contributed by atoms with Gasteiger partial charge in [-0.1, -0.05) is 46.7 Å². The zero-order valence-corrected chi connectivity index (χ0v) is 20.6. The lowest BCUT2D eigenvalue weighted by atomic mass is 10.2. The second-order valence-corrected chi connectivity index (χ2v) is 12.5. The Hall–Kier alpha value is -2.61. The highest BCUT2D eigenvalue weighted by molar-refractivity contribution is 8.31. The van der Waals surface area contributed by atoms with Crippen molar-refractivity contribution >= 4 is 22.6 Å². The third kappa shape index (κ3) is 5.85. The molecule has 2 unspecified atom stereocenters. The van der Waals surface area contributed by atoms with E-state index in [1.807, 2.05) is 24.1 Å². The Morgan fingerprint density at radius 2 is 1.67 bits per heavy atom. The van der Waals surface area contributed by atoms with Crippen molar-refractivity contribution in [1.29, 1.82) is 0 Å². The zero-order chi connectivity index (χ0) is 23.9. The van der Waals surface area contributed by atoms with Gasteiger partial charge in [-0.15, -0.1) is 0 Å². The van der Waals surface area contributed by atoms with Crippen LogP contribution in [0.1, 0.15) is 33.6 Å². The standard InChI is InChI=1S/C26H34N2O4S/c1-26(2,3)33(22-11-7-5-8-12-22,23-13-9-6-10-14-23)31-19-21-15-16-25(32-21)28(4)18-17-24(30)27-20-29/h5-14,17-18,20-21,25H,15-16,19H2,1-4H3,(H,27,29,30)/b18-17-. The summed E-state index contributed by atoms with van der Waals surface area (Å²) >= 11 is 0. The van der Waals surface area contributed by atoms with E-state index in [9.17, 15) is 9.59 Å². The largest absolute Gasteiger partial charge is 0.355 e. The van der Waals surface area contributed by atoms with Crippen molar-refractivity contribution in [2.75, 3.05) is 13.7 Å². The molecular formula is C26H34N2O4S. The van der Waals surface area contributed by atoms with E-state index < -0.39 is 16.2 Å². The van der Waals surface area contributed by atoms with Crippen molar-refractivity contribution in [3.05, 3.63) is 72.9 Å². The lowest BCUT2D eigenvalue weighted by Crippen LogP contribution is -2.32. The van der Waals surface area contributed by atoms with Gasteiger partial charge >= 0.3 is 0 Å². The second kappa shape index (κ2) is 11.0. The Morgan fingerprint density at radius 3 is 2.18 bits per heavy atom. The van der Waals surface area contributed by atoms with E-state index in [1.54, 1.807) is 6.20 Å². The topological polar surface area (TPSA) is 67.9 Å². The summed E-state index contributed by atoms with van der Waals surface area (Å²) < 4.78 is 13.0. The molecule has 1 saturated heterocycles. The monoisotopic (exact) mass is 470 g/mol. The van der Waals surface area contributed by atoms with Crippen LogP contribution in [-0.4, -0.2) is 48.0 Å². The molecule has 1 heterocycles. The van der Waals surface area contributed by atoms with Crippen molar-refractivity contribution in [2.24, 2.45) is 0 Å². The fraction of sp³-hybridized carbons (Fsp3) is 0.385. The Labute approximate surface area is 198 Å². The van der Waals surface area contributed by atoms with Crippen molar-refractivity contribution in [2.45, 2.75) is 60.5 Å². The zero-order valence-electron chi connectivity index (χ0n) is 19.8. The van der Waals surface area contributed by atoms with Crippen LogP contribution in [0.5, 0.6) is 0 Å². The summed E-state index contributed by atoms with van der Waals surface area (Å²) in [5.74, 6) is -0.459. The number of hydrogen-bond acceptors (Lipinski definition) is 5. The Balaban J connectivity index is 1.77. The highest BCUT2D eigenvalue weighted by Crippen LogP contribution is 2.71. The molecular weight excluding hydrogens is 436 g/mol. The van der Waals surface area contributed by atoms with Crippen LogP contribution in [-0.2, 0) is 18.5 Å². The molecule has 3 rings (SSSR count). The number of amides is 2. The third-order valence-electron chi connectivity index (χ3n) is 5.64. The predicted molar refractivity (Wildman–Crippen MR) is 132 cm³/mol. The molecule has 7 heteroatoms. The minimum Gasteiger partial charge on any atom is -0.355 e. The van der Waals surface area contributed by atoms with Gasteiger partial charge in [0.05, 0.1) is 12.7 Å². The second-order valence-electron chi connectivity index (χ2n) is 8.98. The van der Waals surface area contributed by atoms with Crippen LogP contribution in [0.25, 0.3) is 0 Å². The van der Waals surface area contributed by atoms with Crippen LogP contribution in [0.15, 0.2) is 82.7 Å². The molecule has 0 aliphatic carbocycles. The van der Waals surface area contributed by atoms with Gasteiger partial charge in [-0.25, -0.2) is 0 Å². The summed E-state index contributed by atoms with van der Waals surface area (Å²) in [6.07, 6.45) is 4.83. The first-order chi connectivity index (χ1) is 15.8. The van der Waals surface area contributed by atoms with Crippen LogP contribution in [0, 0.1) is 0 Å².